The van der Waals surface area contributed by atoms with Gasteiger partial charge in [-0.2, -0.15) is 0 Å². The number of ketones is 1. The molecular weight excluding hydrogens is 590 g/mol. The zero-order valence-corrected chi connectivity index (χ0v) is 28.1. The number of fused-ring (bicyclic) bond motifs is 5. The summed E-state index contributed by atoms with van der Waals surface area (Å²) in [5.41, 5.74) is 2.47. The summed E-state index contributed by atoms with van der Waals surface area (Å²) < 4.78 is 18.0. The van der Waals surface area contributed by atoms with E-state index in [4.69, 9.17) is 19.2 Å². The van der Waals surface area contributed by atoms with Gasteiger partial charge in [0.25, 0.3) is 0 Å². The smallest absolute Gasteiger partial charge is 0.302 e. The fourth-order valence-electron chi connectivity index (χ4n) is 10.8. The summed E-state index contributed by atoms with van der Waals surface area (Å²) >= 11 is 0. The second kappa shape index (κ2) is 13.0. The minimum absolute atomic E-state index is 0.0112. The van der Waals surface area contributed by atoms with Crippen LogP contribution in [0.25, 0.3) is 0 Å². The molecule has 1 saturated heterocycles. The highest BCUT2D eigenvalue weighted by molar-refractivity contribution is 6.05. The number of allylic oxidation sites excluding steroid dienone is 1. The first-order valence-corrected chi connectivity index (χ1v) is 17.6. The van der Waals surface area contributed by atoms with Crippen molar-refractivity contribution in [3.05, 3.63) is 11.6 Å². The number of aliphatic hydroxyl groups excluding tert-OH is 4. The van der Waals surface area contributed by atoms with E-state index in [1.54, 1.807) is 0 Å². The van der Waals surface area contributed by atoms with E-state index in [0.29, 0.717) is 30.7 Å². The topological polar surface area (TPSA) is 155 Å². The van der Waals surface area contributed by atoms with E-state index in [-0.39, 0.29) is 59.2 Å². The molecule has 0 radical (unpaired) electrons. The molecule has 15 atom stereocenters. The van der Waals surface area contributed by atoms with Crippen LogP contribution < -0.4 is 0 Å². The number of hydrogen-bond acceptors (Lipinski definition) is 10. The second-order valence-electron chi connectivity index (χ2n) is 15.9. The molecule has 6 aliphatic rings. The third-order valence-corrected chi connectivity index (χ3v) is 13.5. The minimum Gasteiger partial charge on any atom is -0.462 e. The molecule has 3 saturated carbocycles. The van der Waals surface area contributed by atoms with E-state index in [0.717, 1.165) is 50.7 Å². The summed E-state index contributed by atoms with van der Waals surface area (Å²) in [4.78, 5) is 29.9. The molecule has 0 amide bonds. The van der Waals surface area contributed by atoms with Crippen molar-refractivity contribution in [2.75, 3.05) is 19.8 Å². The molecule has 6 unspecified atom stereocenters. The first-order chi connectivity index (χ1) is 21.8. The second-order valence-corrected chi connectivity index (χ2v) is 15.9. The Labute approximate surface area is 273 Å². The van der Waals surface area contributed by atoms with E-state index < -0.39 is 37.1 Å². The van der Waals surface area contributed by atoms with Gasteiger partial charge in [-0.3, -0.25) is 14.6 Å². The lowest BCUT2D eigenvalue weighted by Crippen LogP contribution is -2.59. The van der Waals surface area contributed by atoms with Gasteiger partial charge >= 0.3 is 5.97 Å². The monoisotopic (exact) mass is 645 g/mol. The van der Waals surface area contributed by atoms with Crippen LogP contribution in [0.1, 0.15) is 86.0 Å². The van der Waals surface area contributed by atoms with Crippen LogP contribution in [-0.2, 0) is 23.8 Å². The van der Waals surface area contributed by atoms with Gasteiger partial charge in [0.15, 0.2) is 0 Å². The fraction of sp³-hybridized carbons (Fsp3) is 0.861. The normalized spacial score (nSPS) is 48.0. The molecule has 0 spiro atoms. The highest BCUT2D eigenvalue weighted by Crippen LogP contribution is 2.67. The fourth-order valence-corrected chi connectivity index (χ4v) is 10.8. The zero-order chi connectivity index (χ0) is 33.1. The van der Waals surface area contributed by atoms with Crippen LogP contribution in [0.2, 0.25) is 0 Å². The molecule has 10 nitrogen and oxygen atoms in total. The number of carbonyl (C=O) groups excluding carboxylic acids is 2. The number of ether oxygens (including phenoxy) is 3. The molecule has 2 aliphatic heterocycles. The summed E-state index contributed by atoms with van der Waals surface area (Å²) in [6, 6.07) is 0. The van der Waals surface area contributed by atoms with Crippen LogP contribution in [-0.4, -0.2) is 100 Å². The molecule has 10 heteroatoms. The van der Waals surface area contributed by atoms with Crippen LogP contribution in [0.4, 0.5) is 0 Å². The molecule has 4 aliphatic carbocycles. The number of aliphatic imine (C=N–C) groups is 1. The largest absolute Gasteiger partial charge is 0.462 e. The molecule has 0 aromatic heterocycles. The highest BCUT2D eigenvalue weighted by Gasteiger charge is 2.63. The summed E-state index contributed by atoms with van der Waals surface area (Å²) in [5, 5.41) is 40.3. The van der Waals surface area contributed by atoms with Crippen molar-refractivity contribution in [2.24, 2.45) is 51.3 Å². The number of rotatable bonds is 7. The van der Waals surface area contributed by atoms with Crippen LogP contribution >= 0.6 is 0 Å². The van der Waals surface area contributed by atoms with Crippen molar-refractivity contribution in [3.63, 3.8) is 0 Å². The lowest BCUT2D eigenvalue weighted by atomic mass is 9.47. The summed E-state index contributed by atoms with van der Waals surface area (Å²) in [6.07, 6.45) is 3.50. The van der Waals surface area contributed by atoms with Gasteiger partial charge in [-0.1, -0.05) is 39.3 Å². The maximum atomic E-state index is 12.7. The Morgan fingerprint density at radius 1 is 1.11 bits per heavy atom. The Hall–Kier alpha value is -1.69. The molecule has 0 bridgehead atoms. The first kappa shape index (κ1) is 34.2. The van der Waals surface area contributed by atoms with Crippen molar-refractivity contribution < 1.29 is 44.2 Å². The molecule has 4 fully saturated rings. The van der Waals surface area contributed by atoms with Gasteiger partial charge in [0.1, 0.15) is 42.4 Å². The summed E-state index contributed by atoms with van der Waals surface area (Å²) in [6.45, 7) is 10.7. The average Bonchev–Trinajstić information content (AvgIpc) is 3.31. The average molecular weight is 646 g/mol. The molecule has 4 N–H and O–H groups in total. The minimum atomic E-state index is -1.40. The standard InChI is InChI=1S/C36H55NO9/c1-18-15-37-26(14-27(18)40)19(2)31-28(45-20(3)39)13-25-23-7-6-21-12-22(8-10-35(21,4)24(23)9-11-36(25,31)5)44-17-30-33(42)34(43)32(41)29(16-38)46-30/h6,18-19,22-25,28-34,38,41-43H,7-17H2,1-5H3/t18?,19-,22?,23?,24?,25?,28-,29-,30+,31?,32-,33+,34+,35+,36+/m1/s1. The number of aliphatic hydroxyl groups is 4. The molecule has 46 heavy (non-hydrogen) atoms. The number of carbonyl (C=O) groups is 2. The van der Waals surface area contributed by atoms with E-state index in [2.05, 4.69) is 26.8 Å². The van der Waals surface area contributed by atoms with Gasteiger partial charge in [0, 0.05) is 43.4 Å². The number of esters is 1. The molecular formula is C36H55NO9. The van der Waals surface area contributed by atoms with Crippen LogP contribution in [0, 0.1) is 46.3 Å². The van der Waals surface area contributed by atoms with E-state index in [9.17, 15) is 30.0 Å². The third-order valence-electron chi connectivity index (χ3n) is 13.5. The van der Waals surface area contributed by atoms with E-state index >= 15 is 0 Å². The van der Waals surface area contributed by atoms with Gasteiger partial charge in [0.05, 0.1) is 19.3 Å². The van der Waals surface area contributed by atoms with Crippen molar-refractivity contribution >= 4 is 17.5 Å². The Kier molecular flexibility index (Phi) is 9.64. The Morgan fingerprint density at radius 3 is 2.54 bits per heavy atom. The Bertz CT molecular complexity index is 1230. The van der Waals surface area contributed by atoms with E-state index in [1.807, 2.05) is 6.92 Å². The lowest BCUT2D eigenvalue weighted by molar-refractivity contribution is -0.242. The number of Topliss-reactive ketones (excluding diaryl/α,β-unsaturated/α-hetero) is 1. The zero-order valence-electron chi connectivity index (χ0n) is 28.1. The molecule has 258 valence electrons. The predicted octanol–water partition coefficient (Wildman–Crippen LogP) is 3.02. The van der Waals surface area contributed by atoms with E-state index in [1.165, 1.54) is 12.5 Å². The van der Waals surface area contributed by atoms with Gasteiger partial charge in [0.2, 0.25) is 0 Å². The third kappa shape index (κ3) is 5.83. The number of hydrogen-bond donors (Lipinski definition) is 4. The van der Waals surface area contributed by atoms with Gasteiger partial charge in [-0.25, -0.2) is 0 Å². The summed E-state index contributed by atoms with van der Waals surface area (Å²) in [5.74, 6) is 1.63. The maximum Gasteiger partial charge on any atom is 0.302 e. The maximum absolute atomic E-state index is 12.7. The lowest BCUT2D eigenvalue weighted by Gasteiger charge is -2.58. The Morgan fingerprint density at radius 2 is 1.85 bits per heavy atom. The predicted molar refractivity (Wildman–Crippen MR) is 170 cm³/mol. The van der Waals surface area contributed by atoms with Crippen LogP contribution in [0.5, 0.6) is 0 Å². The van der Waals surface area contributed by atoms with Crippen LogP contribution in [0.3, 0.4) is 0 Å². The Balaban J connectivity index is 1.17. The molecule has 0 aromatic carbocycles. The molecule has 2 heterocycles. The van der Waals surface area contributed by atoms with Gasteiger partial charge in [-0.05, 0) is 73.5 Å². The van der Waals surface area contributed by atoms with Crippen molar-refractivity contribution in [2.45, 2.75) is 129 Å². The highest BCUT2D eigenvalue weighted by atomic mass is 16.6. The van der Waals surface area contributed by atoms with Gasteiger partial charge < -0.3 is 34.6 Å². The quantitative estimate of drug-likeness (QED) is 0.242. The van der Waals surface area contributed by atoms with Crippen molar-refractivity contribution in [3.8, 4) is 0 Å². The van der Waals surface area contributed by atoms with Gasteiger partial charge in [-0.15, -0.1) is 0 Å². The number of nitrogens with zero attached hydrogens (tertiary/aromatic N) is 1. The van der Waals surface area contributed by atoms with Crippen molar-refractivity contribution in [1.82, 2.24) is 0 Å². The van der Waals surface area contributed by atoms with Crippen LogP contribution in [0.15, 0.2) is 16.6 Å². The first-order valence-electron chi connectivity index (χ1n) is 17.6. The molecule has 0 aromatic rings. The summed E-state index contributed by atoms with van der Waals surface area (Å²) in [7, 11) is 0. The SMILES string of the molecule is CC(=O)O[C@@H]1CC2C3CC=C4CC(OC[C@@H]5O[C@H](CO)[C@@H](O)[C@H](O)[C@H]5O)CC[C@]4(C)C3CC[C@]2(C)C1[C@H](C)C1=NCC(C)C(=O)C1. The molecule has 6 rings (SSSR count). The van der Waals surface area contributed by atoms with Crippen molar-refractivity contribution in [1.29, 1.82) is 0 Å².